The van der Waals surface area contributed by atoms with Crippen molar-refractivity contribution in [3.05, 3.63) is 36.1 Å². The molecular weight excluding hydrogens is 256 g/mol. The van der Waals surface area contributed by atoms with E-state index in [1.807, 2.05) is 26.0 Å². The first-order valence-electron chi connectivity index (χ1n) is 6.77. The molecule has 114 valence electrons. The lowest BCUT2D eigenvalue weighted by Crippen LogP contribution is -2.17. The molecule has 5 nitrogen and oxygen atoms in total. The Labute approximate surface area is 121 Å². The van der Waals surface area contributed by atoms with Crippen molar-refractivity contribution < 1.29 is 14.4 Å². The summed E-state index contributed by atoms with van der Waals surface area (Å²) >= 11 is 0. The Morgan fingerprint density at radius 3 is 2.65 bits per heavy atom. The minimum atomic E-state index is -0.170. The van der Waals surface area contributed by atoms with Gasteiger partial charge in [0.15, 0.2) is 0 Å². The molecule has 0 rings (SSSR count). The zero-order chi connectivity index (χ0) is 15.4. The van der Waals surface area contributed by atoms with Gasteiger partial charge in [-0.05, 0) is 38.3 Å². The highest BCUT2D eigenvalue weighted by Gasteiger charge is 2.03. The number of carbonyl (C=O) groups excluding carboxylic acids is 1. The van der Waals surface area contributed by atoms with E-state index in [4.69, 9.17) is 15.5 Å². The van der Waals surface area contributed by atoms with Crippen LogP contribution in [-0.4, -0.2) is 25.7 Å². The molecule has 0 aliphatic heterocycles. The van der Waals surface area contributed by atoms with Gasteiger partial charge in [0.2, 0.25) is 5.91 Å². The molecule has 0 spiro atoms. The molecule has 0 aromatic carbocycles. The molecule has 0 aliphatic rings. The summed E-state index contributed by atoms with van der Waals surface area (Å²) in [5.74, 6) is 5.77. The number of unbranched alkanes of at least 4 members (excludes halogenated alkanes) is 1. The van der Waals surface area contributed by atoms with E-state index >= 15 is 0 Å². The number of carbonyl (C=O) groups is 1. The van der Waals surface area contributed by atoms with Crippen LogP contribution in [0.4, 0.5) is 0 Å². The van der Waals surface area contributed by atoms with Crippen molar-refractivity contribution in [2.75, 3.05) is 13.7 Å². The summed E-state index contributed by atoms with van der Waals surface area (Å²) in [6.45, 7) is 8.13. The summed E-state index contributed by atoms with van der Waals surface area (Å²) in [7, 11) is 1.64. The third-order valence-electron chi connectivity index (χ3n) is 2.83. The van der Waals surface area contributed by atoms with Gasteiger partial charge in [0.1, 0.15) is 11.9 Å². The van der Waals surface area contributed by atoms with Crippen LogP contribution < -0.4 is 11.2 Å². The summed E-state index contributed by atoms with van der Waals surface area (Å²) in [5.41, 5.74) is 0.955. The topological polar surface area (TPSA) is 73.6 Å². The summed E-state index contributed by atoms with van der Waals surface area (Å²) in [6, 6.07) is 0. The molecule has 1 atom stereocenters. The zero-order valence-corrected chi connectivity index (χ0v) is 12.6. The number of allylic oxidation sites excluding steroid dienone is 2. The second-order valence-corrected chi connectivity index (χ2v) is 4.35. The normalized spacial score (nSPS) is 13.3. The van der Waals surface area contributed by atoms with Crippen molar-refractivity contribution in [2.45, 2.75) is 39.2 Å². The van der Waals surface area contributed by atoms with Crippen molar-refractivity contribution >= 4 is 5.91 Å². The van der Waals surface area contributed by atoms with Crippen LogP contribution in [0, 0.1) is 0 Å². The molecule has 0 saturated heterocycles. The Morgan fingerprint density at radius 2 is 2.10 bits per heavy atom. The first kappa shape index (κ1) is 18.4. The van der Waals surface area contributed by atoms with Crippen molar-refractivity contribution in [2.24, 2.45) is 5.90 Å². The van der Waals surface area contributed by atoms with Crippen molar-refractivity contribution in [3.63, 3.8) is 0 Å². The van der Waals surface area contributed by atoms with Gasteiger partial charge < -0.3 is 10.1 Å². The standard InChI is InChI=1S/C15H26N2O3/c1-5-14(13(3)20-16)10-9-12(2)19-11-7-6-8-15(18)17-4/h5,9-10,13H,2,6-8,11,16H2,1,3-4H3,(H,17,18)/b10-9-,14-5+. The average molecular weight is 282 g/mol. The van der Waals surface area contributed by atoms with Crippen LogP contribution in [0.3, 0.4) is 0 Å². The fraction of sp³-hybridized carbons (Fsp3) is 0.533. The molecule has 20 heavy (non-hydrogen) atoms. The Bertz CT molecular complexity index is 362. The minimum absolute atomic E-state index is 0.0530. The maximum absolute atomic E-state index is 11.0. The maximum Gasteiger partial charge on any atom is 0.219 e. The van der Waals surface area contributed by atoms with E-state index in [-0.39, 0.29) is 12.0 Å². The second kappa shape index (κ2) is 11.3. The molecule has 5 heteroatoms. The van der Waals surface area contributed by atoms with Gasteiger partial charge in [-0.2, -0.15) is 0 Å². The fourth-order valence-corrected chi connectivity index (χ4v) is 1.50. The molecule has 0 radical (unpaired) electrons. The number of nitrogens with one attached hydrogen (secondary N) is 1. The van der Waals surface area contributed by atoms with Crippen LogP contribution in [0.1, 0.15) is 33.1 Å². The van der Waals surface area contributed by atoms with Gasteiger partial charge in [0, 0.05) is 13.5 Å². The number of amides is 1. The molecule has 0 bridgehead atoms. The number of rotatable bonds is 10. The molecule has 0 heterocycles. The molecule has 0 fully saturated rings. The number of hydrogen-bond donors (Lipinski definition) is 2. The van der Waals surface area contributed by atoms with Crippen LogP contribution in [0.25, 0.3) is 0 Å². The van der Waals surface area contributed by atoms with Crippen LogP contribution in [0.15, 0.2) is 36.1 Å². The lowest BCUT2D eigenvalue weighted by atomic mass is 10.1. The molecular formula is C15H26N2O3. The highest BCUT2D eigenvalue weighted by Crippen LogP contribution is 2.09. The third-order valence-corrected chi connectivity index (χ3v) is 2.83. The SMILES string of the molecule is C=C(/C=C\C(=C/C)C(C)ON)OCCCCC(=O)NC. The number of hydrogen-bond acceptors (Lipinski definition) is 4. The summed E-state index contributed by atoms with van der Waals surface area (Å²) in [4.78, 5) is 15.8. The van der Waals surface area contributed by atoms with E-state index in [2.05, 4.69) is 11.9 Å². The van der Waals surface area contributed by atoms with Crippen molar-refractivity contribution in [3.8, 4) is 0 Å². The predicted molar refractivity (Wildman–Crippen MR) is 80.6 cm³/mol. The van der Waals surface area contributed by atoms with E-state index in [1.165, 1.54) is 0 Å². The lowest BCUT2D eigenvalue weighted by molar-refractivity contribution is -0.120. The van der Waals surface area contributed by atoms with Gasteiger partial charge >= 0.3 is 0 Å². The third kappa shape index (κ3) is 8.50. The van der Waals surface area contributed by atoms with Gasteiger partial charge in [-0.15, -0.1) is 0 Å². The highest BCUT2D eigenvalue weighted by molar-refractivity contribution is 5.75. The number of nitrogens with two attached hydrogens (primary N) is 1. The fourth-order valence-electron chi connectivity index (χ4n) is 1.50. The maximum atomic E-state index is 11.0. The average Bonchev–Trinajstić information content (AvgIpc) is 2.46. The minimum Gasteiger partial charge on any atom is -0.494 e. The number of ether oxygens (including phenoxy) is 1. The molecule has 3 N–H and O–H groups in total. The monoisotopic (exact) mass is 282 g/mol. The van der Waals surface area contributed by atoms with Crippen molar-refractivity contribution in [1.29, 1.82) is 0 Å². The molecule has 1 unspecified atom stereocenters. The van der Waals surface area contributed by atoms with E-state index in [1.54, 1.807) is 13.1 Å². The van der Waals surface area contributed by atoms with Gasteiger partial charge in [0.05, 0.1) is 6.61 Å². The van der Waals surface area contributed by atoms with E-state index < -0.39 is 0 Å². The lowest BCUT2D eigenvalue weighted by Gasteiger charge is -2.10. The van der Waals surface area contributed by atoms with Gasteiger partial charge in [-0.3, -0.25) is 9.63 Å². The first-order valence-corrected chi connectivity index (χ1v) is 6.77. The summed E-state index contributed by atoms with van der Waals surface area (Å²) in [6.07, 6.45) is 7.54. The summed E-state index contributed by atoms with van der Waals surface area (Å²) < 4.78 is 5.45. The largest absolute Gasteiger partial charge is 0.494 e. The van der Waals surface area contributed by atoms with Gasteiger partial charge in [-0.25, -0.2) is 5.90 Å². The van der Waals surface area contributed by atoms with Gasteiger partial charge in [-0.1, -0.05) is 18.7 Å². The molecule has 0 aromatic rings. The Morgan fingerprint density at radius 1 is 1.40 bits per heavy atom. The Kier molecular flexibility index (Phi) is 10.4. The molecule has 0 aromatic heterocycles. The van der Waals surface area contributed by atoms with E-state index in [0.717, 1.165) is 18.4 Å². The van der Waals surface area contributed by atoms with E-state index in [0.29, 0.717) is 18.8 Å². The first-order chi connectivity index (χ1) is 9.54. The molecule has 1 amide bonds. The molecule has 0 saturated carbocycles. The van der Waals surface area contributed by atoms with Crippen LogP contribution in [-0.2, 0) is 14.4 Å². The quantitative estimate of drug-likeness (QED) is 0.279. The highest BCUT2D eigenvalue weighted by atomic mass is 16.6. The Hall–Kier alpha value is -1.59. The zero-order valence-electron chi connectivity index (χ0n) is 12.6. The summed E-state index contributed by atoms with van der Waals surface area (Å²) in [5, 5.41) is 2.58. The van der Waals surface area contributed by atoms with Crippen LogP contribution in [0.5, 0.6) is 0 Å². The van der Waals surface area contributed by atoms with Crippen LogP contribution in [0.2, 0.25) is 0 Å². The predicted octanol–water partition coefficient (Wildman–Crippen LogP) is 2.21. The van der Waals surface area contributed by atoms with E-state index in [9.17, 15) is 4.79 Å². The van der Waals surface area contributed by atoms with Crippen LogP contribution >= 0.6 is 0 Å². The Balaban J connectivity index is 3.91. The second-order valence-electron chi connectivity index (χ2n) is 4.35. The van der Waals surface area contributed by atoms with Crippen molar-refractivity contribution in [1.82, 2.24) is 5.32 Å². The molecule has 0 aliphatic carbocycles. The van der Waals surface area contributed by atoms with Gasteiger partial charge in [0.25, 0.3) is 0 Å². The smallest absolute Gasteiger partial charge is 0.219 e.